The van der Waals surface area contributed by atoms with Gasteiger partial charge >= 0.3 is 0 Å². The van der Waals surface area contributed by atoms with Gasteiger partial charge in [0, 0.05) is 6.42 Å². The number of hydrogen-bond acceptors (Lipinski definition) is 0. The van der Waals surface area contributed by atoms with Crippen molar-refractivity contribution in [1.82, 2.24) is 4.57 Å². The van der Waals surface area contributed by atoms with E-state index in [1.165, 1.54) is 180 Å². The van der Waals surface area contributed by atoms with Gasteiger partial charge in [0.15, 0.2) is 0 Å². The number of unbranched alkanes of at least 4 members (excludes halogenated alkanes) is 22. The predicted molar refractivity (Wildman–Crippen MR) is 161 cm³/mol. The highest BCUT2D eigenvalue weighted by atomic mass is 15.1. The Hall–Kier alpha value is -0.790. The summed E-state index contributed by atoms with van der Waals surface area (Å²) < 4.78 is 5.19. The Morgan fingerprint density at radius 3 is 1.33 bits per heavy atom. The third-order valence-corrected chi connectivity index (χ3v) is 8.10. The van der Waals surface area contributed by atoms with Crippen molar-refractivity contribution in [1.29, 1.82) is 0 Å². The van der Waals surface area contributed by atoms with Crippen LogP contribution in [0.5, 0.6) is 0 Å². The highest BCUT2D eigenvalue weighted by Gasteiger charge is 2.16. The molecular formula is C34H67N2+. The first-order valence-electron chi connectivity index (χ1n) is 16.9. The highest BCUT2D eigenvalue weighted by molar-refractivity contribution is 4.84. The monoisotopic (exact) mass is 504 g/mol. The van der Waals surface area contributed by atoms with Crippen LogP contribution in [0.25, 0.3) is 0 Å². The fraction of sp³-hybridized carbons (Fsp3) is 0.912. The Labute approximate surface area is 228 Å². The van der Waals surface area contributed by atoms with Crippen LogP contribution in [0.2, 0.25) is 0 Å². The molecule has 0 aromatic carbocycles. The van der Waals surface area contributed by atoms with Gasteiger partial charge in [-0.2, -0.15) is 0 Å². The largest absolute Gasteiger partial charge is 0.256 e. The molecule has 0 aliphatic carbocycles. The molecule has 0 radical (unpaired) electrons. The summed E-state index contributed by atoms with van der Waals surface area (Å²) in [5.41, 5.74) is 0. The van der Waals surface area contributed by atoms with Crippen LogP contribution in [0.15, 0.2) is 12.4 Å². The smallest absolute Gasteiger partial charge is 0.234 e. The third-order valence-electron chi connectivity index (χ3n) is 8.10. The van der Waals surface area contributed by atoms with Crippen LogP contribution in [-0.2, 0) is 19.5 Å². The lowest BCUT2D eigenvalue weighted by Crippen LogP contribution is -2.37. The molecule has 1 aromatic rings. The van der Waals surface area contributed by atoms with Gasteiger partial charge in [0.1, 0.15) is 12.4 Å². The van der Waals surface area contributed by atoms with Gasteiger partial charge < -0.3 is 0 Å². The van der Waals surface area contributed by atoms with E-state index in [2.05, 4.69) is 42.3 Å². The van der Waals surface area contributed by atoms with Gasteiger partial charge in [0.25, 0.3) is 5.82 Å². The van der Waals surface area contributed by atoms with Gasteiger partial charge in [-0.3, -0.25) is 0 Å². The Balaban J connectivity index is 2.20. The van der Waals surface area contributed by atoms with Gasteiger partial charge in [0.05, 0.1) is 13.1 Å². The average molecular weight is 504 g/mol. The fourth-order valence-corrected chi connectivity index (χ4v) is 5.62. The van der Waals surface area contributed by atoms with Crippen molar-refractivity contribution < 1.29 is 4.57 Å². The minimum Gasteiger partial charge on any atom is -0.234 e. The minimum absolute atomic E-state index is 1.21. The molecule has 0 aliphatic heterocycles. The van der Waals surface area contributed by atoms with Crippen LogP contribution in [-0.4, -0.2) is 4.57 Å². The average Bonchev–Trinajstić information content (AvgIpc) is 3.27. The Morgan fingerprint density at radius 2 is 0.861 bits per heavy atom. The number of imidazole rings is 1. The first kappa shape index (κ1) is 33.2. The molecule has 0 spiro atoms. The molecule has 1 rings (SSSR count). The van der Waals surface area contributed by atoms with Crippen LogP contribution in [0.3, 0.4) is 0 Å². The lowest BCUT2D eigenvalue weighted by Gasteiger charge is -2.07. The molecular weight excluding hydrogens is 436 g/mol. The maximum Gasteiger partial charge on any atom is 0.256 e. The molecule has 0 aliphatic rings. The normalized spacial score (nSPS) is 11.5. The predicted octanol–water partition coefficient (Wildman–Crippen LogP) is 11.1. The zero-order valence-corrected chi connectivity index (χ0v) is 25.3. The maximum atomic E-state index is 2.61. The summed E-state index contributed by atoms with van der Waals surface area (Å²) >= 11 is 0. The number of rotatable bonds is 28. The second kappa shape index (κ2) is 25.8. The van der Waals surface area contributed by atoms with Crippen LogP contribution >= 0.6 is 0 Å². The summed E-state index contributed by atoms with van der Waals surface area (Å²) in [6, 6.07) is 0. The zero-order chi connectivity index (χ0) is 25.9. The summed E-state index contributed by atoms with van der Waals surface area (Å²) in [5.74, 6) is 1.60. The maximum absolute atomic E-state index is 2.61. The van der Waals surface area contributed by atoms with E-state index in [4.69, 9.17) is 0 Å². The molecule has 0 saturated carbocycles. The van der Waals surface area contributed by atoms with Gasteiger partial charge in [-0.05, 0) is 32.1 Å². The van der Waals surface area contributed by atoms with Gasteiger partial charge in [0.2, 0.25) is 0 Å². The van der Waals surface area contributed by atoms with Crippen molar-refractivity contribution in [2.75, 3.05) is 0 Å². The van der Waals surface area contributed by atoms with Crippen LogP contribution in [0, 0.1) is 0 Å². The number of hydrogen-bond donors (Lipinski definition) is 0. The van der Waals surface area contributed by atoms with Gasteiger partial charge in [-0.25, -0.2) is 9.13 Å². The summed E-state index contributed by atoms with van der Waals surface area (Å²) in [7, 11) is 0. The molecule has 0 amide bonds. The Morgan fingerprint density at radius 1 is 0.472 bits per heavy atom. The highest BCUT2D eigenvalue weighted by Crippen LogP contribution is 2.14. The molecule has 1 aromatic heterocycles. The van der Waals surface area contributed by atoms with Crippen LogP contribution in [0.4, 0.5) is 0 Å². The lowest BCUT2D eigenvalue weighted by molar-refractivity contribution is -0.704. The standard InChI is InChI=1S/C34H67N2/c1-4-7-10-12-14-16-17-18-19-21-23-25-28-31-36-33-32-35(30-27-9-6-3)34(36)29-26-24-22-20-15-13-11-8-5-2/h32-33H,4-31H2,1-3H3/q+1. The van der Waals surface area contributed by atoms with E-state index in [0.29, 0.717) is 0 Å². The molecule has 2 heteroatoms. The molecule has 36 heavy (non-hydrogen) atoms. The second-order valence-corrected chi connectivity index (χ2v) is 11.6. The first-order valence-corrected chi connectivity index (χ1v) is 16.9. The summed E-state index contributed by atoms with van der Waals surface area (Å²) in [6.07, 6.45) is 41.5. The SMILES string of the molecule is CCCCCCCCCCCCCCCn1cc[n+](CCCCC)c1CCCCCCCCCCC. The minimum atomic E-state index is 1.21. The van der Waals surface area contributed by atoms with E-state index in [0.717, 1.165) is 0 Å². The second-order valence-electron chi connectivity index (χ2n) is 11.6. The van der Waals surface area contributed by atoms with Gasteiger partial charge in [-0.15, -0.1) is 0 Å². The summed E-state index contributed by atoms with van der Waals surface area (Å²) in [4.78, 5) is 0. The Kier molecular flexibility index (Phi) is 23.9. The molecule has 0 unspecified atom stereocenters. The van der Waals surface area contributed by atoms with E-state index in [1.807, 2.05) is 0 Å². The molecule has 1 heterocycles. The molecule has 0 N–H and O–H groups in total. The summed E-state index contributed by atoms with van der Waals surface area (Å²) in [5, 5.41) is 0. The van der Waals surface area contributed by atoms with Crippen molar-refractivity contribution >= 4 is 0 Å². The quantitative estimate of drug-likeness (QED) is 0.0794. The van der Waals surface area contributed by atoms with Crippen molar-refractivity contribution in [2.24, 2.45) is 0 Å². The van der Waals surface area contributed by atoms with Crippen LogP contribution in [0.1, 0.15) is 187 Å². The van der Waals surface area contributed by atoms with E-state index >= 15 is 0 Å². The van der Waals surface area contributed by atoms with Crippen molar-refractivity contribution in [3.63, 3.8) is 0 Å². The third kappa shape index (κ3) is 18.5. The van der Waals surface area contributed by atoms with Crippen molar-refractivity contribution in [2.45, 2.75) is 201 Å². The number of aryl methyl sites for hydroxylation is 2. The molecule has 212 valence electrons. The molecule has 0 atom stereocenters. The number of nitrogens with zero attached hydrogens (tertiary/aromatic N) is 2. The number of aromatic nitrogens is 2. The van der Waals surface area contributed by atoms with E-state index < -0.39 is 0 Å². The molecule has 0 bridgehead atoms. The van der Waals surface area contributed by atoms with E-state index in [9.17, 15) is 0 Å². The zero-order valence-electron chi connectivity index (χ0n) is 25.3. The van der Waals surface area contributed by atoms with Crippen molar-refractivity contribution in [3.05, 3.63) is 18.2 Å². The van der Waals surface area contributed by atoms with E-state index in [1.54, 1.807) is 5.82 Å². The van der Waals surface area contributed by atoms with Gasteiger partial charge in [-0.1, -0.05) is 149 Å². The fourth-order valence-electron chi connectivity index (χ4n) is 5.62. The molecule has 0 fully saturated rings. The first-order chi connectivity index (χ1) is 17.8. The van der Waals surface area contributed by atoms with Crippen molar-refractivity contribution in [3.8, 4) is 0 Å². The summed E-state index contributed by atoms with van der Waals surface area (Å²) in [6.45, 7) is 9.37. The van der Waals surface area contributed by atoms with E-state index in [-0.39, 0.29) is 0 Å². The van der Waals surface area contributed by atoms with Crippen LogP contribution < -0.4 is 4.57 Å². The topological polar surface area (TPSA) is 8.81 Å². The lowest BCUT2D eigenvalue weighted by atomic mass is 10.0. The molecule has 0 saturated heterocycles. The molecule has 2 nitrogen and oxygen atoms in total. The Bertz CT molecular complexity index is 562.